The number of ether oxygens (including phenoxy) is 1. The number of rotatable bonds is 8. The molecule has 1 fully saturated rings. The number of carbonyl (C=O) groups excluding carboxylic acids is 2. The molecule has 26 heavy (non-hydrogen) atoms. The van der Waals surface area contributed by atoms with Crippen molar-refractivity contribution in [1.29, 1.82) is 0 Å². The van der Waals surface area contributed by atoms with E-state index in [4.69, 9.17) is 4.74 Å². The molecule has 1 atom stereocenters. The van der Waals surface area contributed by atoms with Gasteiger partial charge in [0.15, 0.2) is 6.61 Å². The van der Waals surface area contributed by atoms with E-state index < -0.39 is 28.6 Å². The molecule has 1 saturated heterocycles. The number of carbonyl (C=O) groups is 2. The van der Waals surface area contributed by atoms with Crippen LogP contribution in [0.25, 0.3) is 0 Å². The highest BCUT2D eigenvalue weighted by atomic mass is 32.2. The van der Waals surface area contributed by atoms with Crippen LogP contribution in [0.5, 0.6) is 0 Å². The molecular formula is C18H26N2O5S. The third-order valence-corrected chi connectivity index (χ3v) is 6.22. The summed E-state index contributed by atoms with van der Waals surface area (Å²) in [6, 6.07) is 5.62. The van der Waals surface area contributed by atoms with Gasteiger partial charge >= 0.3 is 5.97 Å². The number of benzene rings is 1. The number of nitrogens with zero attached hydrogens (tertiary/aromatic N) is 1. The van der Waals surface area contributed by atoms with E-state index in [0.717, 1.165) is 18.4 Å². The summed E-state index contributed by atoms with van der Waals surface area (Å²) >= 11 is 0. The maximum Gasteiger partial charge on any atom is 0.324 e. The van der Waals surface area contributed by atoms with Gasteiger partial charge in [0.05, 0.1) is 4.90 Å². The molecule has 7 nitrogen and oxygen atoms in total. The molecule has 1 aromatic rings. The number of unbranched alkanes of at least 4 members (excludes halogenated alkanes) is 1. The van der Waals surface area contributed by atoms with Crippen LogP contribution in [0.2, 0.25) is 0 Å². The van der Waals surface area contributed by atoms with E-state index in [1.165, 1.54) is 16.4 Å². The van der Waals surface area contributed by atoms with Gasteiger partial charge in [-0.1, -0.05) is 31.0 Å². The second kappa shape index (κ2) is 9.14. The molecule has 1 aliphatic heterocycles. The van der Waals surface area contributed by atoms with Crippen molar-refractivity contribution in [2.75, 3.05) is 19.7 Å². The topological polar surface area (TPSA) is 92.8 Å². The minimum Gasteiger partial charge on any atom is -0.454 e. The Bertz CT molecular complexity index is 730. The summed E-state index contributed by atoms with van der Waals surface area (Å²) in [6.07, 6.45) is 2.77. The predicted octanol–water partition coefficient (Wildman–Crippen LogP) is 1.61. The Kier molecular flexibility index (Phi) is 7.16. The fraction of sp³-hybridized carbons (Fsp3) is 0.556. The zero-order chi connectivity index (χ0) is 19.2. The molecular weight excluding hydrogens is 356 g/mol. The van der Waals surface area contributed by atoms with Crippen molar-refractivity contribution in [3.8, 4) is 0 Å². The molecule has 8 heteroatoms. The Labute approximate surface area is 154 Å². The van der Waals surface area contributed by atoms with Crippen LogP contribution < -0.4 is 5.32 Å². The summed E-state index contributed by atoms with van der Waals surface area (Å²) in [7, 11) is -3.77. The molecule has 1 heterocycles. The quantitative estimate of drug-likeness (QED) is 0.545. The molecule has 1 aromatic carbocycles. The van der Waals surface area contributed by atoms with E-state index >= 15 is 0 Å². The molecule has 0 saturated carbocycles. The lowest BCUT2D eigenvalue weighted by molar-refractivity contribution is -0.151. The first-order valence-corrected chi connectivity index (χ1v) is 10.3. The summed E-state index contributed by atoms with van der Waals surface area (Å²) in [5.41, 5.74) is 0.954. The van der Waals surface area contributed by atoms with E-state index in [2.05, 4.69) is 5.32 Å². The van der Waals surface area contributed by atoms with Crippen LogP contribution in [0.15, 0.2) is 29.2 Å². The van der Waals surface area contributed by atoms with Crippen molar-refractivity contribution < 1.29 is 22.7 Å². The van der Waals surface area contributed by atoms with Gasteiger partial charge in [-0.3, -0.25) is 9.59 Å². The van der Waals surface area contributed by atoms with Gasteiger partial charge < -0.3 is 10.1 Å². The first-order chi connectivity index (χ1) is 12.4. The highest BCUT2D eigenvalue weighted by Crippen LogP contribution is 2.27. The average Bonchev–Trinajstić information content (AvgIpc) is 3.11. The normalized spacial score (nSPS) is 17.8. The largest absolute Gasteiger partial charge is 0.454 e. The third-order valence-electron chi connectivity index (χ3n) is 4.30. The summed E-state index contributed by atoms with van der Waals surface area (Å²) in [5, 5.41) is 2.65. The van der Waals surface area contributed by atoms with Crippen LogP contribution in [0.3, 0.4) is 0 Å². The van der Waals surface area contributed by atoms with E-state index in [1.54, 1.807) is 12.1 Å². The molecule has 0 aromatic heterocycles. The number of sulfonamides is 1. The summed E-state index contributed by atoms with van der Waals surface area (Å²) < 4.78 is 31.8. The molecule has 0 unspecified atom stereocenters. The zero-order valence-corrected chi connectivity index (χ0v) is 16.0. The number of hydrogen-bond acceptors (Lipinski definition) is 5. The molecule has 0 bridgehead atoms. The van der Waals surface area contributed by atoms with Crippen molar-refractivity contribution in [3.63, 3.8) is 0 Å². The Morgan fingerprint density at radius 2 is 1.96 bits per heavy atom. The number of hydrogen-bond donors (Lipinski definition) is 1. The van der Waals surface area contributed by atoms with E-state index in [0.29, 0.717) is 19.4 Å². The van der Waals surface area contributed by atoms with E-state index in [1.807, 2.05) is 13.8 Å². The van der Waals surface area contributed by atoms with Crippen LogP contribution in [0.4, 0.5) is 0 Å². The molecule has 0 radical (unpaired) electrons. The predicted molar refractivity (Wildman–Crippen MR) is 97.0 cm³/mol. The SMILES string of the molecule is CCCCNC(=O)COC(=O)[C@@H]1CCCN1S(=O)(=O)c1ccc(C)cc1. The zero-order valence-electron chi connectivity index (χ0n) is 15.2. The van der Waals surface area contributed by atoms with Crippen LogP contribution >= 0.6 is 0 Å². The lowest BCUT2D eigenvalue weighted by Crippen LogP contribution is -2.42. The first kappa shape index (κ1) is 20.4. The minimum atomic E-state index is -3.77. The summed E-state index contributed by atoms with van der Waals surface area (Å²) in [4.78, 5) is 24.1. The van der Waals surface area contributed by atoms with Crippen molar-refractivity contribution in [2.24, 2.45) is 0 Å². The monoisotopic (exact) mass is 382 g/mol. The molecule has 1 amide bonds. The highest BCUT2D eigenvalue weighted by Gasteiger charge is 2.40. The molecule has 0 aliphatic carbocycles. The van der Waals surface area contributed by atoms with Gasteiger partial charge in [0, 0.05) is 13.1 Å². The molecule has 1 N–H and O–H groups in total. The molecule has 0 spiro atoms. The Hall–Kier alpha value is -1.93. The van der Waals surface area contributed by atoms with Gasteiger partial charge in [-0.25, -0.2) is 8.42 Å². The molecule has 1 aliphatic rings. The lowest BCUT2D eigenvalue weighted by atomic mass is 10.2. The smallest absolute Gasteiger partial charge is 0.324 e. The van der Waals surface area contributed by atoms with Gasteiger partial charge in [-0.05, 0) is 38.3 Å². The maximum atomic E-state index is 12.8. The van der Waals surface area contributed by atoms with Gasteiger partial charge in [0.1, 0.15) is 6.04 Å². The number of esters is 1. The standard InChI is InChI=1S/C18H26N2O5S/c1-3-4-11-19-17(21)13-25-18(22)16-6-5-12-20(16)26(23,24)15-9-7-14(2)8-10-15/h7-10,16H,3-6,11-13H2,1-2H3,(H,19,21)/t16-/m0/s1. The van der Waals surface area contributed by atoms with Gasteiger partial charge in [-0.15, -0.1) is 0 Å². The molecule has 144 valence electrons. The first-order valence-electron chi connectivity index (χ1n) is 8.88. The second-order valence-corrected chi connectivity index (χ2v) is 8.29. The fourth-order valence-electron chi connectivity index (χ4n) is 2.80. The molecule has 2 rings (SSSR count). The second-order valence-electron chi connectivity index (χ2n) is 6.40. The highest BCUT2D eigenvalue weighted by molar-refractivity contribution is 7.89. The average molecular weight is 382 g/mol. The maximum absolute atomic E-state index is 12.8. The van der Waals surface area contributed by atoms with E-state index in [9.17, 15) is 18.0 Å². The Morgan fingerprint density at radius 3 is 2.62 bits per heavy atom. The number of nitrogens with one attached hydrogen (secondary N) is 1. The lowest BCUT2D eigenvalue weighted by Gasteiger charge is -2.22. The van der Waals surface area contributed by atoms with Crippen LogP contribution in [0, 0.1) is 6.92 Å². The third kappa shape index (κ3) is 5.04. The van der Waals surface area contributed by atoms with Gasteiger partial charge in [0.2, 0.25) is 10.0 Å². The Morgan fingerprint density at radius 1 is 1.27 bits per heavy atom. The van der Waals surface area contributed by atoms with Gasteiger partial charge in [0.25, 0.3) is 5.91 Å². The summed E-state index contributed by atoms with van der Waals surface area (Å²) in [5.74, 6) is -1.05. The van der Waals surface area contributed by atoms with Crippen molar-refractivity contribution in [3.05, 3.63) is 29.8 Å². The summed E-state index contributed by atoms with van der Waals surface area (Å²) in [6.45, 7) is 4.29. The van der Waals surface area contributed by atoms with Crippen molar-refractivity contribution in [2.45, 2.75) is 50.5 Å². The Balaban J connectivity index is 1.99. The van der Waals surface area contributed by atoms with Crippen molar-refractivity contribution in [1.82, 2.24) is 9.62 Å². The number of aryl methyl sites for hydroxylation is 1. The van der Waals surface area contributed by atoms with Gasteiger partial charge in [-0.2, -0.15) is 4.31 Å². The minimum absolute atomic E-state index is 0.153. The van der Waals surface area contributed by atoms with E-state index in [-0.39, 0.29) is 17.3 Å². The van der Waals surface area contributed by atoms with Crippen molar-refractivity contribution >= 4 is 21.9 Å². The van der Waals surface area contributed by atoms with Crippen LogP contribution in [-0.4, -0.2) is 50.3 Å². The van der Waals surface area contributed by atoms with Crippen LogP contribution in [-0.2, 0) is 24.3 Å². The number of amides is 1. The van der Waals surface area contributed by atoms with Crippen LogP contribution in [0.1, 0.15) is 38.2 Å². The fourth-order valence-corrected chi connectivity index (χ4v) is 4.44.